The molecular formula is C15H23NO3S. The van der Waals surface area contributed by atoms with Gasteiger partial charge in [-0.3, -0.25) is 4.90 Å². The first kappa shape index (κ1) is 16.7. The fraction of sp³-hybridized carbons (Fsp3) is 0.600. The molecule has 112 valence electrons. The van der Waals surface area contributed by atoms with Crippen LogP contribution >= 0.6 is 11.3 Å². The maximum atomic E-state index is 12.2. The Bertz CT molecular complexity index is 490. The average Bonchev–Trinajstić information content (AvgIpc) is 2.83. The highest BCUT2D eigenvalue weighted by molar-refractivity contribution is 7.10. The molecule has 0 aliphatic rings. The molecular weight excluding hydrogens is 274 g/mol. The van der Waals surface area contributed by atoms with Crippen LogP contribution in [0, 0.1) is 0 Å². The molecule has 0 saturated heterocycles. The van der Waals surface area contributed by atoms with Crippen molar-refractivity contribution in [2.24, 2.45) is 0 Å². The van der Waals surface area contributed by atoms with Crippen molar-refractivity contribution < 1.29 is 14.3 Å². The molecule has 0 spiro atoms. The van der Waals surface area contributed by atoms with E-state index >= 15 is 0 Å². The number of ether oxygens (including phenoxy) is 1. The molecule has 1 aromatic heterocycles. The van der Waals surface area contributed by atoms with Crippen molar-refractivity contribution in [2.45, 2.75) is 52.2 Å². The number of hydrogen-bond donors (Lipinski definition) is 0. The molecule has 0 bridgehead atoms. The monoisotopic (exact) mass is 297 g/mol. The zero-order chi connectivity index (χ0) is 15.6. The number of aryl methyl sites for hydroxylation is 1. The summed E-state index contributed by atoms with van der Waals surface area (Å²) in [4.78, 5) is 26.1. The van der Waals surface area contributed by atoms with Crippen LogP contribution in [0.5, 0.6) is 0 Å². The molecule has 1 unspecified atom stereocenters. The lowest BCUT2D eigenvalue weighted by atomic mass is 9.96. The Labute approximate surface area is 124 Å². The topological polar surface area (TPSA) is 46.6 Å². The summed E-state index contributed by atoms with van der Waals surface area (Å²) in [7, 11) is 1.60. The summed E-state index contributed by atoms with van der Waals surface area (Å²) in [6, 6.07) is 1.99. The quantitative estimate of drug-likeness (QED) is 0.798. The summed E-state index contributed by atoms with van der Waals surface area (Å²) in [6.45, 7) is 9.19. The minimum Gasteiger partial charge on any atom is -0.444 e. The maximum Gasteiger partial charge on any atom is 0.411 e. The standard InChI is InChI=1S/C15H23NO3S/c1-7-11-8-9-20-12(11)15(5,10-17)16(6)13(18)19-14(2,3)4/h8-10H,7H2,1-6H3. The van der Waals surface area contributed by atoms with Gasteiger partial charge in [-0.05, 0) is 51.1 Å². The van der Waals surface area contributed by atoms with Crippen molar-refractivity contribution in [3.8, 4) is 0 Å². The van der Waals surface area contributed by atoms with E-state index in [1.54, 1.807) is 34.7 Å². The summed E-state index contributed by atoms with van der Waals surface area (Å²) in [6.07, 6.45) is 1.13. The van der Waals surface area contributed by atoms with Crippen LogP contribution in [0.15, 0.2) is 11.4 Å². The second-order valence-electron chi connectivity index (χ2n) is 5.93. The first-order valence-corrected chi connectivity index (χ1v) is 7.53. The van der Waals surface area contributed by atoms with Crippen molar-refractivity contribution in [1.29, 1.82) is 0 Å². The SMILES string of the molecule is CCc1ccsc1C(C)(C=O)N(C)C(=O)OC(C)(C)C. The lowest BCUT2D eigenvalue weighted by Gasteiger charge is -2.35. The number of rotatable bonds is 4. The number of carbonyl (C=O) groups is 2. The molecule has 5 heteroatoms. The van der Waals surface area contributed by atoms with E-state index in [-0.39, 0.29) is 0 Å². The molecule has 0 aliphatic heterocycles. The molecule has 0 saturated carbocycles. The van der Waals surface area contributed by atoms with Crippen LogP contribution in [0.4, 0.5) is 4.79 Å². The first-order chi connectivity index (χ1) is 9.15. The van der Waals surface area contributed by atoms with Gasteiger partial charge in [0.2, 0.25) is 0 Å². The van der Waals surface area contributed by atoms with Gasteiger partial charge in [0.05, 0.1) is 0 Å². The van der Waals surface area contributed by atoms with Gasteiger partial charge >= 0.3 is 6.09 Å². The van der Waals surface area contributed by atoms with Crippen LogP contribution in [0.2, 0.25) is 0 Å². The fourth-order valence-electron chi connectivity index (χ4n) is 1.86. The van der Waals surface area contributed by atoms with Gasteiger partial charge in [0.25, 0.3) is 0 Å². The van der Waals surface area contributed by atoms with Gasteiger partial charge in [0.1, 0.15) is 11.1 Å². The largest absolute Gasteiger partial charge is 0.444 e. The lowest BCUT2D eigenvalue weighted by molar-refractivity contribution is -0.117. The highest BCUT2D eigenvalue weighted by atomic mass is 32.1. The second kappa shape index (κ2) is 5.95. The normalized spacial score (nSPS) is 14.5. The van der Waals surface area contributed by atoms with Crippen LogP contribution in [-0.2, 0) is 21.5 Å². The average molecular weight is 297 g/mol. The van der Waals surface area contributed by atoms with E-state index in [9.17, 15) is 9.59 Å². The molecule has 1 atom stereocenters. The van der Waals surface area contributed by atoms with Gasteiger partial charge in [-0.25, -0.2) is 4.79 Å². The van der Waals surface area contributed by atoms with Crippen LogP contribution < -0.4 is 0 Å². The Hall–Kier alpha value is -1.36. The molecule has 1 rings (SSSR count). The van der Waals surface area contributed by atoms with Gasteiger partial charge in [-0.2, -0.15) is 0 Å². The number of nitrogens with zero attached hydrogens (tertiary/aromatic N) is 1. The summed E-state index contributed by atoms with van der Waals surface area (Å²) in [5.41, 5.74) is -0.500. The molecule has 0 aliphatic carbocycles. The summed E-state index contributed by atoms with van der Waals surface area (Å²) >= 11 is 1.49. The van der Waals surface area contributed by atoms with E-state index in [1.807, 2.05) is 18.4 Å². The van der Waals surface area contributed by atoms with Gasteiger partial charge in [0, 0.05) is 11.9 Å². The molecule has 20 heavy (non-hydrogen) atoms. The first-order valence-electron chi connectivity index (χ1n) is 6.65. The Morgan fingerprint density at radius 2 is 2.00 bits per heavy atom. The van der Waals surface area contributed by atoms with Crippen LogP contribution in [0.1, 0.15) is 45.1 Å². The van der Waals surface area contributed by atoms with E-state index in [0.717, 1.165) is 23.1 Å². The Morgan fingerprint density at radius 3 is 2.45 bits per heavy atom. The number of aldehydes is 1. The van der Waals surface area contributed by atoms with Crippen molar-refractivity contribution in [3.05, 3.63) is 21.9 Å². The Morgan fingerprint density at radius 1 is 1.40 bits per heavy atom. The molecule has 0 radical (unpaired) electrons. The van der Waals surface area contributed by atoms with Gasteiger partial charge < -0.3 is 9.53 Å². The Kier molecular flexibility index (Phi) is 4.97. The smallest absolute Gasteiger partial charge is 0.411 e. The number of likely N-dealkylation sites (N-methyl/N-ethyl adjacent to an activating group) is 1. The molecule has 0 aromatic carbocycles. The van der Waals surface area contributed by atoms with E-state index in [2.05, 4.69) is 0 Å². The number of amides is 1. The summed E-state index contributed by atoms with van der Waals surface area (Å²) in [5, 5.41) is 1.94. The molecule has 1 heterocycles. The molecule has 1 amide bonds. The third-order valence-corrected chi connectivity index (χ3v) is 4.36. The van der Waals surface area contributed by atoms with Gasteiger partial charge in [-0.15, -0.1) is 11.3 Å². The second-order valence-corrected chi connectivity index (χ2v) is 6.85. The van der Waals surface area contributed by atoms with Crippen LogP contribution in [0.25, 0.3) is 0 Å². The number of hydrogen-bond acceptors (Lipinski definition) is 4. The van der Waals surface area contributed by atoms with E-state index in [1.165, 1.54) is 16.2 Å². The maximum absolute atomic E-state index is 12.2. The molecule has 0 N–H and O–H groups in total. The molecule has 1 aromatic rings. The Balaban J connectivity index is 3.11. The number of carbonyl (C=O) groups excluding carboxylic acids is 2. The van der Waals surface area contributed by atoms with E-state index in [0.29, 0.717) is 0 Å². The van der Waals surface area contributed by atoms with Crippen molar-refractivity contribution >= 4 is 23.7 Å². The fourth-order valence-corrected chi connectivity index (χ4v) is 3.02. The number of thiophene rings is 1. The van der Waals surface area contributed by atoms with Crippen molar-refractivity contribution in [1.82, 2.24) is 4.90 Å². The van der Waals surface area contributed by atoms with Crippen molar-refractivity contribution in [3.63, 3.8) is 0 Å². The van der Waals surface area contributed by atoms with Crippen LogP contribution in [-0.4, -0.2) is 29.9 Å². The summed E-state index contributed by atoms with van der Waals surface area (Å²) in [5.74, 6) is 0. The predicted octanol–water partition coefficient (Wildman–Crippen LogP) is 3.59. The molecule has 4 nitrogen and oxygen atoms in total. The molecule has 0 fully saturated rings. The third-order valence-electron chi connectivity index (χ3n) is 3.18. The zero-order valence-electron chi connectivity index (χ0n) is 13.0. The van der Waals surface area contributed by atoms with Gasteiger partial charge in [-0.1, -0.05) is 6.92 Å². The minimum absolute atomic E-state index is 0.498. The zero-order valence-corrected chi connectivity index (χ0v) is 13.8. The highest BCUT2D eigenvalue weighted by Crippen LogP contribution is 2.33. The predicted molar refractivity (Wildman–Crippen MR) is 81.1 cm³/mol. The summed E-state index contributed by atoms with van der Waals surface area (Å²) < 4.78 is 5.35. The third kappa shape index (κ3) is 3.39. The van der Waals surface area contributed by atoms with E-state index in [4.69, 9.17) is 4.74 Å². The van der Waals surface area contributed by atoms with E-state index < -0.39 is 17.2 Å². The van der Waals surface area contributed by atoms with Crippen molar-refractivity contribution in [2.75, 3.05) is 7.05 Å². The highest BCUT2D eigenvalue weighted by Gasteiger charge is 2.38. The van der Waals surface area contributed by atoms with Crippen LogP contribution in [0.3, 0.4) is 0 Å². The minimum atomic E-state index is -0.998. The lowest BCUT2D eigenvalue weighted by Crippen LogP contribution is -2.48. The van der Waals surface area contributed by atoms with Gasteiger partial charge in [0.15, 0.2) is 6.29 Å².